The number of aryl methyl sites for hydroxylation is 1. The number of benzene rings is 1. The average Bonchev–Trinajstić information content (AvgIpc) is 2.91. The number of aromatic nitrogens is 1. The van der Waals surface area contributed by atoms with Gasteiger partial charge in [0.2, 0.25) is 0 Å². The molecule has 4 heteroatoms. The molecule has 1 aliphatic heterocycles. The van der Waals surface area contributed by atoms with Gasteiger partial charge in [-0.2, -0.15) is 0 Å². The molecule has 1 aromatic carbocycles. The van der Waals surface area contributed by atoms with Crippen molar-refractivity contribution in [2.24, 2.45) is 7.05 Å². The van der Waals surface area contributed by atoms with Crippen LogP contribution < -0.4 is 15.8 Å². The Hall–Kier alpha value is -1.81. The van der Waals surface area contributed by atoms with E-state index in [1.54, 1.807) is 10.6 Å². The van der Waals surface area contributed by atoms with Crippen molar-refractivity contribution in [3.63, 3.8) is 0 Å². The molecule has 0 spiro atoms. The molecule has 0 saturated carbocycles. The van der Waals surface area contributed by atoms with Crippen molar-refractivity contribution in [2.75, 3.05) is 25.0 Å². The Labute approximate surface area is 119 Å². The van der Waals surface area contributed by atoms with Crippen LogP contribution in [0.5, 0.6) is 0 Å². The summed E-state index contributed by atoms with van der Waals surface area (Å²) in [4.78, 5) is 14.6. The van der Waals surface area contributed by atoms with Crippen molar-refractivity contribution in [1.29, 1.82) is 0 Å². The van der Waals surface area contributed by atoms with Crippen LogP contribution in [-0.2, 0) is 7.05 Å². The van der Waals surface area contributed by atoms with Crippen LogP contribution in [-0.4, -0.2) is 30.7 Å². The normalized spacial score (nSPS) is 18.9. The molecule has 0 radical (unpaired) electrons. The van der Waals surface area contributed by atoms with Crippen LogP contribution in [0.3, 0.4) is 0 Å². The Balaban J connectivity index is 2.16. The van der Waals surface area contributed by atoms with Crippen molar-refractivity contribution in [3.8, 4) is 0 Å². The largest absolute Gasteiger partial charge is 0.367 e. The fourth-order valence-electron chi connectivity index (χ4n) is 3.23. The summed E-state index contributed by atoms with van der Waals surface area (Å²) in [6, 6.07) is 10.4. The van der Waals surface area contributed by atoms with Gasteiger partial charge in [0.05, 0.1) is 11.2 Å². The Kier molecular flexibility index (Phi) is 3.49. The number of nitrogens with one attached hydrogen (secondary N) is 1. The van der Waals surface area contributed by atoms with Gasteiger partial charge in [-0.15, -0.1) is 0 Å². The zero-order chi connectivity index (χ0) is 14.1. The molecule has 1 aromatic heterocycles. The summed E-state index contributed by atoms with van der Waals surface area (Å²) < 4.78 is 1.72. The van der Waals surface area contributed by atoms with E-state index in [4.69, 9.17) is 0 Å². The summed E-state index contributed by atoms with van der Waals surface area (Å²) in [5.74, 6) is 0. The minimum absolute atomic E-state index is 0.0637. The van der Waals surface area contributed by atoms with E-state index in [0.717, 1.165) is 29.7 Å². The Morgan fingerprint density at radius 2 is 2.15 bits per heavy atom. The third-order valence-electron chi connectivity index (χ3n) is 4.26. The van der Waals surface area contributed by atoms with Gasteiger partial charge in [0.25, 0.3) is 5.56 Å². The number of rotatable bonds is 3. The number of likely N-dealkylation sites (N-methyl/N-ethyl adjacent to an activating group) is 1. The summed E-state index contributed by atoms with van der Waals surface area (Å²) in [6.45, 7) is 1.99. The van der Waals surface area contributed by atoms with Gasteiger partial charge in [0.15, 0.2) is 0 Å². The fraction of sp³-hybridized carbons (Fsp3) is 0.438. The van der Waals surface area contributed by atoms with E-state index in [1.807, 2.05) is 32.3 Å². The Morgan fingerprint density at radius 3 is 2.95 bits per heavy atom. The van der Waals surface area contributed by atoms with Gasteiger partial charge in [-0.05, 0) is 26.0 Å². The highest BCUT2D eigenvalue weighted by molar-refractivity contribution is 5.92. The predicted molar refractivity (Wildman–Crippen MR) is 83.5 cm³/mol. The molecule has 3 rings (SSSR count). The Bertz CT molecular complexity index is 677. The molecule has 4 nitrogen and oxygen atoms in total. The lowest BCUT2D eigenvalue weighted by Crippen LogP contribution is -2.37. The molecule has 1 saturated heterocycles. The second-order valence-electron chi connectivity index (χ2n) is 5.49. The van der Waals surface area contributed by atoms with Gasteiger partial charge in [0, 0.05) is 37.6 Å². The van der Waals surface area contributed by atoms with Crippen LogP contribution in [0.2, 0.25) is 0 Å². The molecule has 2 aromatic rings. The van der Waals surface area contributed by atoms with Crippen molar-refractivity contribution in [2.45, 2.75) is 18.9 Å². The van der Waals surface area contributed by atoms with Gasteiger partial charge in [0.1, 0.15) is 0 Å². The molecule has 20 heavy (non-hydrogen) atoms. The first-order valence-electron chi connectivity index (χ1n) is 7.22. The van der Waals surface area contributed by atoms with Crippen LogP contribution >= 0.6 is 0 Å². The molecule has 1 fully saturated rings. The van der Waals surface area contributed by atoms with E-state index in [1.165, 1.54) is 12.8 Å². The highest BCUT2D eigenvalue weighted by Crippen LogP contribution is 2.30. The molecule has 1 N–H and O–H groups in total. The van der Waals surface area contributed by atoms with E-state index in [0.29, 0.717) is 6.04 Å². The highest BCUT2D eigenvalue weighted by atomic mass is 16.1. The summed E-state index contributed by atoms with van der Waals surface area (Å²) in [5, 5.41) is 4.42. The third-order valence-corrected chi connectivity index (χ3v) is 4.26. The lowest BCUT2D eigenvalue weighted by atomic mass is 10.1. The monoisotopic (exact) mass is 271 g/mol. The van der Waals surface area contributed by atoms with E-state index >= 15 is 0 Å². The average molecular weight is 271 g/mol. The predicted octanol–water partition coefficient (Wildman–Crippen LogP) is 1.73. The molecule has 1 unspecified atom stereocenters. The second-order valence-corrected chi connectivity index (χ2v) is 5.49. The van der Waals surface area contributed by atoms with Crippen LogP contribution in [0.1, 0.15) is 12.8 Å². The maximum Gasteiger partial charge on any atom is 0.252 e. The van der Waals surface area contributed by atoms with Gasteiger partial charge < -0.3 is 14.8 Å². The van der Waals surface area contributed by atoms with Crippen LogP contribution in [0.4, 0.5) is 5.69 Å². The van der Waals surface area contributed by atoms with E-state index in [9.17, 15) is 4.79 Å². The van der Waals surface area contributed by atoms with Crippen LogP contribution in [0.25, 0.3) is 10.9 Å². The minimum atomic E-state index is 0.0637. The molecule has 106 valence electrons. The van der Waals surface area contributed by atoms with Crippen LogP contribution in [0.15, 0.2) is 35.1 Å². The van der Waals surface area contributed by atoms with Crippen molar-refractivity contribution in [3.05, 3.63) is 40.7 Å². The van der Waals surface area contributed by atoms with E-state index in [2.05, 4.69) is 16.3 Å². The first-order chi connectivity index (χ1) is 9.72. The molecular weight excluding hydrogens is 250 g/mol. The topological polar surface area (TPSA) is 37.3 Å². The molecule has 0 amide bonds. The number of nitrogens with zero attached hydrogens (tertiary/aromatic N) is 2. The van der Waals surface area contributed by atoms with Crippen LogP contribution in [0, 0.1) is 0 Å². The van der Waals surface area contributed by atoms with Crippen molar-refractivity contribution >= 4 is 16.6 Å². The maximum atomic E-state index is 12.2. The minimum Gasteiger partial charge on any atom is -0.367 e. The first kappa shape index (κ1) is 13.2. The number of hydrogen-bond acceptors (Lipinski definition) is 3. The fourth-order valence-corrected chi connectivity index (χ4v) is 3.23. The lowest BCUT2D eigenvalue weighted by Gasteiger charge is -2.28. The van der Waals surface area contributed by atoms with Gasteiger partial charge in [-0.1, -0.05) is 18.2 Å². The number of pyridine rings is 1. The maximum absolute atomic E-state index is 12.2. The summed E-state index contributed by atoms with van der Waals surface area (Å²) in [5.41, 5.74) is 2.15. The third kappa shape index (κ3) is 2.10. The highest BCUT2D eigenvalue weighted by Gasteiger charge is 2.25. The molecule has 2 heterocycles. The number of fused-ring (bicyclic) bond motifs is 1. The lowest BCUT2D eigenvalue weighted by molar-refractivity contribution is 0.616. The number of hydrogen-bond donors (Lipinski definition) is 1. The molecule has 0 aliphatic carbocycles. The number of para-hydroxylation sites is 1. The van der Waals surface area contributed by atoms with E-state index < -0.39 is 0 Å². The Morgan fingerprint density at radius 1 is 1.35 bits per heavy atom. The molecular formula is C16H21N3O. The smallest absolute Gasteiger partial charge is 0.252 e. The second kappa shape index (κ2) is 5.29. The van der Waals surface area contributed by atoms with Gasteiger partial charge >= 0.3 is 0 Å². The summed E-state index contributed by atoms with van der Waals surface area (Å²) in [6.07, 6.45) is 2.38. The van der Waals surface area contributed by atoms with Crippen molar-refractivity contribution < 1.29 is 0 Å². The van der Waals surface area contributed by atoms with Crippen molar-refractivity contribution in [1.82, 2.24) is 9.88 Å². The molecule has 1 aliphatic rings. The zero-order valence-corrected chi connectivity index (χ0v) is 12.1. The van der Waals surface area contributed by atoms with E-state index in [-0.39, 0.29) is 5.56 Å². The van der Waals surface area contributed by atoms with Gasteiger partial charge in [-0.3, -0.25) is 4.79 Å². The molecule has 1 atom stereocenters. The summed E-state index contributed by atoms with van der Waals surface area (Å²) in [7, 11) is 3.82. The standard InChI is InChI=1S/C16H21N3O/c1-17-11-12-6-5-9-19(12)15-10-16(20)18(2)14-8-4-3-7-13(14)15/h3-4,7-8,10,12,17H,5-6,9,11H2,1-2H3. The summed E-state index contributed by atoms with van der Waals surface area (Å²) >= 11 is 0. The number of anilines is 1. The zero-order valence-electron chi connectivity index (χ0n) is 12.1. The SMILES string of the molecule is CNCC1CCCN1c1cc(=O)n(C)c2ccccc12. The quantitative estimate of drug-likeness (QED) is 0.923. The molecule has 0 bridgehead atoms. The first-order valence-corrected chi connectivity index (χ1v) is 7.22. The van der Waals surface area contributed by atoms with Gasteiger partial charge in [-0.25, -0.2) is 0 Å².